The van der Waals surface area contributed by atoms with Gasteiger partial charge >= 0.3 is 10.2 Å². The van der Waals surface area contributed by atoms with E-state index in [4.69, 9.17) is 0 Å². The van der Waals surface area contributed by atoms with Gasteiger partial charge in [-0.1, -0.05) is 29.8 Å². The summed E-state index contributed by atoms with van der Waals surface area (Å²) in [4.78, 5) is 14.3. The maximum absolute atomic E-state index is 12.6. The molecule has 0 aromatic heterocycles. The summed E-state index contributed by atoms with van der Waals surface area (Å²) in [5.74, 6) is -0.0519. The third-order valence-electron chi connectivity index (χ3n) is 4.07. The Labute approximate surface area is 141 Å². The number of amides is 1. The fourth-order valence-electron chi connectivity index (χ4n) is 2.73. The molecule has 1 aromatic rings. The minimum atomic E-state index is -3.60. The highest BCUT2D eigenvalue weighted by atomic mass is 32.2. The Balaban J connectivity index is 1.74. The highest BCUT2D eigenvalue weighted by Crippen LogP contribution is 2.21. The average molecular weight is 345 g/mol. The van der Waals surface area contributed by atoms with E-state index < -0.39 is 10.2 Å². The van der Waals surface area contributed by atoms with Gasteiger partial charge in [0.25, 0.3) is 0 Å². The zero-order valence-corrected chi connectivity index (χ0v) is 14.4. The smallest absolute Gasteiger partial charge is 0.334 e. The van der Waals surface area contributed by atoms with E-state index >= 15 is 0 Å². The number of benzene rings is 1. The maximum atomic E-state index is 12.6. The minimum Gasteiger partial charge on any atom is -0.334 e. The number of nitrogens with one attached hydrogen (secondary N) is 1. The van der Waals surface area contributed by atoms with Crippen LogP contribution in [0, 0.1) is 6.92 Å². The van der Waals surface area contributed by atoms with E-state index in [2.05, 4.69) is 9.12 Å². The lowest BCUT2D eigenvalue weighted by atomic mass is 10.0. The molecule has 0 bridgehead atoms. The number of rotatable bonds is 2. The summed E-state index contributed by atoms with van der Waals surface area (Å²) in [6, 6.07) is 7.97. The molecule has 1 aromatic carbocycles. The normalized spacial score (nSPS) is 19.8. The molecule has 24 heavy (non-hydrogen) atoms. The largest absolute Gasteiger partial charge is 0.341 e. The summed E-state index contributed by atoms with van der Waals surface area (Å²) in [5.41, 5.74) is 4.18. The zero-order chi connectivity index (χ0) is 17.3. The molecule has 0 unspecified atom stereocenters. The molecular formula is C17H19N3O3S. The molecule has 0 radical (unpaired) electrons. The molecule has 0 fully saturated rings. The van der Waals surface area contributed by atoms with Crippen molar-refractivity contribution in [2.24, 2.45) is 4.40 Å². The van der Waals surface area contributed by atoms with Crippen LogP contribution in [0.1, 0.15) is 24.5 Å². The summed E-state index contributed by atoms with van der Waals surface area (Å²) in [5, 5.41) is 0. The standard InChI is InChI=1S/C17H19N3O3S/c1-12-3-5-14(6-4-12)9-13(2)17(21)20-8-7-16-15(11-20)10-18-24(22,23)19-16/h3-6,9-10,19H,7-8,11H2,1-2H3/b13-9+. The Hall–Kier alpha value is -2.41. The summed E-state index contributed by atoms with van der Waals surface area (Å²) < 4.78 is 28.8. The number of carbonyl (C=O) groups is 1. The maximum Gasteiger partial charge on any atom is 0.341 e. The molecule has 1 N–H and O–H groups in total. The molecule has 126 valence electrons. The Morgan fingerprint density at radius 3 is 2.71 bits per heavy atom. The van der Waals surface area contributed by atoms with Crippen LogP contribution in [0.15, 0.2) is 45.5 Å². The number of nitrogens with zero attached hydrogens (tertiary/aromatic N) is 2. The van der Waals surface area contributed by atoms with Gasteiger partial charge in [0.1, 0.15) is 0 Å². The first-order chi connectivity index (χ1) is 11.3. The highest BCUT2D eigenvalue weighted by molar-refractivity contribution is 7.88. The van der Waals surface area contributed by atoms with Crippen molar-refractivity contribution in [1.82, 2.24) is 9.62 Å². The molecule has 0 saturated carbocycles. The summed E-state index contributed by atoms with van der Waals surface area (Å²) >= 11 is 0. The molecular weight excluding hydrogens is 326 g/mol. The van der Waals surface area contributed by atoms with E-state index in [1.165, 1.54) is 11.8 Å². The summed E-state index contributed by atoms with van der Waals surface area (Å²) in [7, 11) is -3.60. The Morgan fingerprint density at radius 1 is 1.29 bits per heavy atom. The van der Waals surface area contributed by atoms with E-state index in [9.17, 15) is 13.2 Å². The fourth-order valence-corrected chi connectivity index (χ4v) is 3.60. The van der Waals surface area contributed by atoms with Gasteiger partial charge in [-0.2, -0.15) is 12.8 Å². The Bertz CT molecular complexity index is 865. The van der Waals surface area contributed by atoms with Crippen molar-refractivity contribution in [3.05, 3.63) is 52.2 Å². The Morgan fingerprint density at radius 2 is 2.00 bits per heavy atom. The third-order valence-corrected chi connectivity index (χ3v) is 4.95. The predicted molar refractivity (Wildman–Crippen MR) is 93.6 cm³/mol. The lowest BCUT2D eigenvalue weighted by Gasteiger charge is -2.31. The van der Waals surface area contributed by atoms with Crippen LogP contribution in [0.2, 0.25) is 0 Å². The summed E-state index contributed by atoms with van der Waals surface area (Å²) in [6.07, 6.45) is 3.67. The second-order valence-electron chi connectivity index (χ2n) is 6.03. The van der Waals surface area contributed by atoms with Gasteiger partial charge in [-0.15, -0.1) is 0 Å². The molecule has 3 rings (SSSR count). The monoisotopic (exact) mass is 345 g/mol. The molecule has 2 heterocycles. The van der Waals surface area contributed by atoms with Gasteiger partial charge in [-0.05, 0) is 25.5 Å². The lowest BCUT2D eigenvalue weighted by molar-refractivity contribution is -0.126. The van der Waals surface area contributed by atoms with Crippen molar-refractivity contribution in [2.45, 2.75) is 20.3 Å². The molecule has 0 atom stereocenters. The van der Waals surface area contributed by atoms with Crippen molar-refractivity contribution >= 4 is 28.4 Å². The van der Waals surface area contributed by atoms with Crippen LogP contribution in [-0.2, 0) is 15.0 Å². The minimum absolute atomic E-state index is 0.0519. The van der Waals surface area contributed by atoms with Crippen LogP contribution in [0.5, 0.6) is 0 Å². The fraction of sp³-hybridized carbons (Fsp3) is 0.294. The van der Waals surface area contributed by atoms with E-state index in [-0.39, 0.29) is 5.91 Å². The molecule has 2 aliphatic heterocycles. The second kappa shape index (κ2) is 6.24. The number of carbonyl (C=O) groups excluding carboxylic acids is 1. The van der Waals surface area contributed by atoms with Gasteiger partial charge in [0.15, 0.2) is 0 Å². The average Bonchev–Trinajstić information content (AvgIpc) is 2.55. The Kier molecular flexibility index (Phi) is 4.28. The van der Waals surface area contributed by atoms with Crippen LogP contribution < -0.4 is 4.72 Å². The molecule has 1 amide bonds. The van der Waals surface area contributed by atoms with Crippen molar-refractivity contribution in [2.75, 3.05) is 13.1 Å². The topological polar surface area (TPSA) is 78.8 Å². The lowest BCUT2D eigenvalue weighted by Crippen LogP contribution is -2.42. The van der Waals surface area contributed by atoms with Gasteiger partial charge in [0.2, 0.25) is 5.91 Å². The van der Waals surface area contributed by atoms with E-state index in [1.807, 2.05) is 37.3 Å². The van der Waals surface area contributed by atoms with Gasteiger partial charge in [0, 0.05) is 42.6 Å². The molecule has 7 heteroatoms. The summed E-state index contributed by atoms with van der Waals surface area (Å²) in [6.45, 7) is 4.65. The van der Waals surface area contributed by atoms with Gasteiger partial charge in [-0.25, -0.2) is 0 Å². The van der Waals surface area contributed by atoms with Gasteiger partial charge in [0.05, 0.1) is 0 Å². The first kappa shape index (κ1) is 16.4. The van der Waals surface area contributed by atoms with Crippen molar-refractivity contribution < 1.29 is 13.2 Å². The second-order valence-corrected chi connectivity index (χ2v) is 7.40. The van der Waals surface area contributed by atoms with Crippen LogP contribution in [0.4, 0.5) is 0 Å². The van der Waals surface area contributed by atoms with Crippen LogP contribution in [-0.4, -0.2) is 38.5 Å². The first-order valence-corrected chi connectivity index (χ1v) is 9.12. The van der Waals surface area contributed by atoms with E-state index in [1.54, 1.807) is 11.8 Å². The predicted octanol–water partition coefficient (Wildman–Crippen LogP) is 1.80. The number of aryl methyl sites for hydroxylation is 1. The molecule has 0 aliphatic carbocycles. The quantitative estimate of drug-likeness (QED) is 0.830. The zero-order valence-electron chi connectivity index (χ0n) is 13.6. The third kappa shape index (κ3) is 3.56. The molecule has 0 spiro atoms. The van der Waals surface area contributed by atoms with Crippen LogP contribution in [0.25, 0.3) is 6.08 Å². The van der Waals surface area contributed by atoms with E-state index in [0.29, 0.717) is 30.8 Å². The van der Waals surface area contributed by atoms with Crippen LogP contribution in [0.3, 0.4) is 0 Å². The van der Waals surface area contributed by atoms with Gasteiger partial charge < -0.3 is 4.90 Å². The van der Waals surface area contributed by atoms with Crippen LogP contribution >= 0.6 is 0 Å². The van der Waals surface area contributed by atoms with E-state index in [0.717, 1.165) is 11.1 Å². The number of hydrogen-bond donors (Lipinski definition) is 1. The SMILES string of the molecule is C/C(=C\c1ccc(C)cc1)C(=O)N1CCC2=C(C=NS(=O)(=O)N2)C1. The molecule has 0 saturated heterocycles. The van der Waals surface area contributed by atoms with Crippen molar-refractivity contribution in [3.63, 3.8) is 0 Å². The van der Waals surface area contributed by atoms with Crippen molar-refractivity contribution in [3.8, 4) is 0 Å². The van der Waals surface area contributed by atoms with Gasteiger partial charge in [-0.3, -0.25) is 9.52 Å². The highest BCUT2D eigenvalue weighted by Gasteiger charge is 2.27. The molecule has 2 aliphatic rings. The molecule has 6 nitrogen and oxygen atoms in total. The van der Waals surface area contributed by atoms with Crippen molar-refractivity contribution in [1.29, 1.82) is 0 Å². The number of hydrogen-bond acceptors (Lipinski definition) is 3. The first-order valence-electron chi connectivity index (χ1n) is 7.68.